The molecule has 6 heteroatoms. The Balaban J connectivity index is 2.15. The summed E-state index contributed by atoms with van der Waals surface area (Å²) in [5.74, 6) is -1.40. The second-order valence-electron chi connectivity index (χ2n) is 5.24. The van der Waals surface area contributed by atoms with Crippen LogP contribution >= 0.6 is 0 Å². The third-order valence-corrected chi connectivity index (χ3v) is 3.38. The molecule has 0 bridgehead atoms. The molecule has 0 spiro atoms. The molecule has 0 aliphatic rings. The maximum absolute atomic E-state index is 12.5. The Hall–Kier alpha value is -2.89. The number of hydrogen-bond acceptors (Lipinski definition) is 5. The van der Waals surface area contributed by atoms with Crippen LogP contribution in [0.4, 0.5) is 0 Å². The van der Waals surface area contributed by atoms with Gasteiger partial charge in [0.1, 0.15) is 6.04 Å². The molecule has 0 radical (unpaired) electrons. The van der Waals surface area contributed by atoms with E-state index in [4.69, 9.17) is 9.15 Å². The van der Waals surface area contributed by atoms with E-state index in [1.54, 1.807) is 37.3 Å². The van der Waals surface area contributed by atoms with E-state index in [1.165, 1.54) is 12.3 Å². The number of rotatable bonds is 7. The van der Waals surface area contributed by atoms with Gasteiger partial charge in [0.2, 0.25) is 5.78 Å². The highest BCUT2D eigenvalue weighted by Gasteiger charge is 2.27. The van der Waals surface area contributed by atoms with E-state index in [-0.39, 0.29) is 18.8 Å². The number of aryl methyl sites for hydroxylation is 1. The summed E-state index contributed by atoms with van der Waals surface area (Å²) in [6.45, 7) is 3.78. The maximum Gasteiger partial charge on any atom is 0.308 e. The average Bonchev–Trinajstić information content (AvgIpc) is 3.08. The fourth-order valence-corrected chi connectivity index (χ4v) is 2.13. The van der Waals surface area contributed by atoms with E-state index >= 15 is 0 Å². The Kier molecular flexibility index (Phi) is 5.89. The van der Waals surface area contributed by atoms with Crippen LogP contribution in [0.5, 0.6) is 0 Å². The van der Waals surface area contributed by atoms with Gasteiger partial charge in [0, 0.05) is 5.56 Å². The van der Waals surface area contributed by atoms with Crippen molar-refractivity contribution in [3.63, 3.8) is 0 Å². The molecule has 0 aliphatic heterocycles. The number of ether oxygens (including phenoxy) is 1. The van der Waals surface area contributed by atoms with Gasteiger partial charge >= 0.3 is 5.97 Å². The molecule has 1 aromatic carbocycles. The Morgan fingerprint density at radius 2 is 1.88 bits per heavy atom. The summed E-state index contributed by atoms with van der Waals surface area (Å²) in [5, 5.41) is 2.58. The Morgan fingerprint density at radius 3 is 2.46 bits per heavy atom. The molecule has 24 heavy (non-hydrogen) atoms. The molecule has 1 unspecified atom stereocenters. The number of furan rings is 1. The molecule has 1 heterocycles. The van der Waals surface area contributed by atoms with E-state index in [9.17, 15) is 14.4 Å². The lowest BCUT2D eigenvalue weighted by molar-refractivity contribution is -0.143. The molecule has 1 N–H and O–H groups in total. The third kappa shape index (κ3) is 4.55. The molecule has 6 nitrogen and oxygen atoms in total. The molecule has 0 fully saturated rings. The summed E-state index contributed by atoms with van der Waals surface area (Å²) >= 11 is 0. The van der Waals surface area contributed by atoms with E-state index in [1.807, 2.05) is 6.92 Å². The highest BCUT2D eigenvalue weighted by atomic mass is 16.5. The molecule has 126 valence electrons. The molecule has 1 aromatic heterocycles. The zero-order chi connectivity index (χ0) is 17.5. The summed E-state index contributed by atoms with van der Waals surface area (Å²) in [7, 11) is 0. The normalized spacial score (nSPS) is 11.6. The SMILES string of the molecule is CCOC(=O)CC(NC(=O)c1ccc(C)cc1)C(=O)c1ccco1. The first kappa shape index (κ1) is 17.5. The number of Topliss-reactive ketones (excluding diaryl/α,β-unsaturated/α-hetero) is 1. The predicted octanol–water partition coefficient (Wildman–Crippen LogP) is 2.52. The van der Waals surface area contributed by atoms with Gasteiger partial charge < -0.3 is 14.5 Å². The van der Waals surface area contributed by atoms with Crippen LogP contribution in [0.25, 0.3) is 0 Å². The highest BCUT2D eigenvalue weighted by molar-refractivity contribution is 6.04. The van der Waals surface area contributed by atoms with Crippen LogP contribution < -0.4 is 5.32 Å². The smallest absolute Gasteiger partial charge is 0.308 e. The Morgan fingerprint density at radius 1 is 1.17 bits per heavy atom. The van der Waals surface area contributed by atoms with E-state index in [2.05, 4.69) is 5.32 Å². The van der Waals surface area contributed by atoms with Crippen LogP contribution in [0.3, 0.4) is 0 Å². The Bertz CT molecular complexity index is 704. The summed E-state index contributed by atoms with van der Waals surface area (Å²) in [4.78, 5) is 36.5. The minimum absolute atomic E-state index is 0.0773. The largest absolute Gasteiger partial charge is 0.466 e. The molecule has 1 amide bonds. The molecule has 2 rings (SSSR count). The number of nitrogens with one attached hydrogen (secondary N) is 1. The maximum atomic E-state index is 12.5. The lowest BCUT2D eigenvalue weighted by Gasteiger charge is -2.16. The van der Waals surface area contributed by atoms with Crippen molar-refractivity contribution in [2.24, 2.45) is 0 Å². The standard InChI is InChI=1S/C18H19NO5/c1-3-23-16(20)11-14(17(21)15-5-4-10-24-15)19-18(22)13-8-6-12(2)7-9-13/h4-10,14H,3,11H2,1-2H3,(H,19,22). The van der Waals surface area contributed by atoms with Crippen molar-refractivity contribution in [3.05, 3.63) is 59.5 Å². The molecule has 0 saturated heterocycles. The van der Waals surface area contributed by atoms with Gasteiger partial charge in [-0.05, 0) is 38.1 Å². The summed E-state index contributed by atoms with van der Waals surface area (Å²) in [6, 6.07) is 8.90. The number of amides is 1. The minimum Gasteiger partial charge on any atom is -0.466 e. The number of carbonyl (C=O) groups excluding carboxylic acids is 3. The predicted molar refractivity (Wildman–Crippen MR) is 86.7 cm³/mol. The molecule has 0 saturated carbocycles. The fraction of sp³-hybridized carbons (Fsp3) is 0.278. The second-order valence-corrected chi connectivity index (χ2v) is 5.24. The lowest BCUT2D eigenvalue weighted by Crippen LogP contribution is -2.42. The van der Waals surface area contributed by atoms with Crippen LogP contribution in [-0.4, -0.2) is 30.3 Å². The van der Waals surface area contributed by atoms with Crippen molar-refractivity contribution in [3.8, 4) is 0 Å². The number of carbonyl (C=O) groups is 3. The van der Waals surface area contributed by atoms with Crippen molar-refractivity contribution in [1.82, 2.24) is 5.32 Å². The van der Waals surface area contributed by atoms with E-state index < -0.39 is 23.7 Å². The third-order valence-electron chi connectivity index (χ3n) is 3.38. The Labute approximate surface area is 139 Å². The van der Waals surface area contributed by atoms with Gasteiger partial charge in [-0.2, -0.15) is 0 Å². The summed E-state index contributed by atoms with van der Waals surface area (Å²) in [5.41, 5.74) is 1.42. The van der Waals surface area contributed by atoms with Gasteiger partial charge in [0.25, 0.3) is 5.91 Å². The van der Waals surface area contributed by atoms with Crippen LogP contribution in [0.15, 0.2) is 47.1 Å². The van der Waals surface area contributed by atoms with Crippen LogP contribution in [0, 0.1) is 6.92 Å². The molecule has 2 aromatic rings. The van der Waals surface area contributed by atoms with Crippen molar-refractivity contribution >= 4 is 17.7 Å². The zero-order valence-electron chi connectivity index (χ0n) is 13.6. The number of ketones is 1. The van der Waals surface area contributed by atoms with Crippen LogP contribution in [-0.2, 0) is 9.53 Å². The molecule has 1 atom stereocenters. The van der Waals surface area contributed by atoms with Gasteiger partial charge in [0.05, 0.1) is 19.3 Å². The first-order chi connectivity index (χ1) is 11.5. The second kappa shape index (κ2) is 8.10. The molecule has 0 aliphatic carbocycles. The topological polar surface area (TPSA) is 85.6 Å². The lowest BCUT2D eigenvalue weighted by atomic mass is 10.1. The average molecular weight is 329 g/mol. The van der Waals surface area contributed by atoms with Gasteiger partial charge in [-0.15, -0.1) is 0 Å². The quantitative estimate of drug-likeness (QED) is 0.623. The fourth-order valence-electron chi connectivity index (χ4n) is 2.13. The summed E-state index contributed by atoms with van der Waals surface area (Å²) < 4.78 is 9.94. The van der Waals surface area contributed by atoms with E-state index in [0.717, 1.165) is 5.56 Å². The molecular formula is C18H19NO5. The van der Waals surface area contributed by atoms with Gasteiger partial charge in [-0.25, -0.2) is 0 Å². The number of esters is 1. The van der Waals surface area contributed by atoms with Gasteiger partial charge in [-0.3, -0.25) is 14.4 Å². The van der Waals surface area contributed by atoms with Gasteiger partial charge in [-0.1, -0.05) is 17.7 Å². The molecular weight excluding hydrogens is 310 g/mol. The monoisotopic (exact) mass is 329 g/mol. The highest BCUT2D eigenvalue weighted by Crippen LogP contribution is 2.10. The van der Waals surface area contributed by atoms with Crippen LogP contribution in [0.2, 0.25) is 0 Å². The minimum atomic E-state index is -1.05. The van der Waals surface area contributed by atoms with Crippen LogP contribution in [0.1, 0.15) is 39.8 Å². The van der Waals surface area contributed by atoms with E-state index in [0.29, 0.717) is 5.56 Å². The first-order valence-corrected chi connectivity index (χ1v) is 7.62. The van der Waals surface area contributed by atoms with Crippen molar-refractivity contribution in [2.75, 3.05) is 6.61 Å². The zero-order valence-corrected chi connectivity index (χ0v) is 13.6. The number of hydrogen-bond donors (Lipinski definition) is 1. The van der Waals surface area contributed by atoms with Crippen molar-refractivity contribution in [2.45, 2.75) is 26.3 Å². The number of benzene rings is 1. The first-order valence-electron chi connectivity index (χ1n) is 7.62. The van der Waals surface area contributed by atoms with Crippen molar-refractivity contribution < 1.29 is 23.5 Å². The van der Waals surface area contributed by atoms with Crippen molar-refractivity contribution in [1.29, 1.82) is 0 Å². The van der Waals surface area contributed by atoms with Gasteiger partial charge in [0.15, 0.2) is 5.76 Å². The summed E-state index contributed by atoms with van der Waals surface area (Å²) in [6.07, 6.45) is 1.10.